The summed E-state index contributed by atoms with van der Waals surface area (Å²) in [5, 5.41) is 1.32. The molecule has 5 aliphatic rings. The molecule has 4 nitrogen and oxygen atoms in total. The summed E-state index contributed by atoms with van der Waals surface area (Å²) in [6.45, 7) is 0. The number of allylic oxidation sites excluding steroid dienone is 5. The van der Waals surface area contributed by atoms with Crippen molar-refractivity contribution >= 4 is 56.8 Å². The number of nitrogens with zero attached hydrogens (tertiary/aromatic N) is 4. The van der Waals surface area contributed by atoms with Crippen LogP contribution >= 0.6 is 0 Å². The molecular weight excluding hydrogens is 705 g/mol. The van der Waals surface area contributed by atoms with Crippen molar-refractivity contribution in [2.75, 3.05) is 14.7 Å². The van der Waals surface area contributed by atoms with E-state index in [2.05, 4.69) is 226 Å². The average Bonchev–Trinajstić information content (AvgIpc) is 3.93. The van der Waals surface area contributed by atoms with Gasteiger partial charge in [-0.25, -0.2) is 0 Å². The van der Waals surface area contributed by atoms with Crippen molar-refractivity contribution in [3.8, 4) is 5.69 Å². The molecule has 278 valence electrons. The van der Waals surface area contributed by atoms with Crippen molar-refractivity contribution in [2.24, 2.45) is 0 Å². The van der Waals surface area contributed by atoms with Gasteiger partial charge in [0, 0.05) is 74.0 Å². The minimum atomic E-state index is 0.264. The molecule has 0 N–H and O–H groups in total. The van der Waals surface area contributed by atoms with E-state index in [1.54, 1.807) is 0 Å². The standard InChI is InChI=1S/C54H42N4/c1-7-19-49-43(13-1)44-14-2-8-20-50(44)56(49)40-31-25-37(26-32-40)55(38-27-33-41(34-28-38)57-51-21-9-3-15-45(51)46-16-4-10-22-52(46)57)39-29-35-42(36-30-39)58-53-23-11-5-17-47(53)48-18-6-12-24-54(48)58/h1-11,13-23,25-36,43,45,49,51H,12,24H2. The molecule has 4 atom stereocenters. The van der Waals surface area contributed by atoms with Gasteiger partial charge in [0.1, 0.15) is 0 Å². The molecule has 2 aliphatic heterocycles. The SMILES string of the molecule is C1=CC2c3ccccc3N(c3ccc(N(c4ccc(N5c6ccccc6C6C=CC=CC65)cc4)c4ccc(-n5c6c(c7ccccc75)C=CCC6)cc4)cc3)C2C=C1. The quantitative estimate of drug-likeness (QED) is 0.168. The molecule has 1 aromatic heterocycles. The van der Waals surface area contributed by atoms with Gasteiger partial charge < -0.3 is 19.3 Å². The van der Waals surface area contributed by atoms with Gasteiger partial charge >= 0.3 is 0 Å². The van der Waals surface area contributed by atoms with E-state index in [1.807, 2.05) is 0 Å². The van der Waals surface area contributed by atoms with E-state index in [4.69, 9.17) is 0 Å². The molecule has 0 spiro atoms. The van der Waals surface area contributed by atoms with E-state index in [0.29, 0.717) is 11.8 Å². The second-order valence-corrected chi connectivity index (χ2v) is 16.0. The summed E-state index contributed by atoms with van der Waals surface area (Å²) in [5.74, 6) is 0.706. The van der Waals surface area contributed by atoms with E-state index < -0.39 is 0 Å². The summed E-state index contributed by atoms with van der Waals surface area (Å²) in [6, 6.07) is 54.6. The second kappa shape index (κ2) is 13.3. The lowest BCUT2D eigenvalue weighted by Crippen LogP contribution is -2.28. The Balaban J connectivity index is 0.943. The van der Waals surface area contributed by atoms with Crippen LogP contribution in [0.2, 0.25) is 0 Å². The molecule has 0 radical (unpaired) electrons. The predicted octanol–water partition coefficient (Wildman–Crippen LogP) is 13.5. The zero-order valence-corrected chi connectivity index (χ0v) is 32.1. The minimum absolute atomic E-state index is 0.264. The smallest absolute Gasteiger partial charge is 0.0629 e. The van der Waals surface area contributed by atoms with Crippen LogP contribution in [0.1, 0.15) is 40.6 Å². The summed E-state index contributed by atoms with van der Waals surface area (Å²) < 4.78 is 2.47. The van der Waals surface area contributed by atoms with Crippen LogP contribution in [0.25, 0.3) is 22.7 Å². The van der Waals surface area contributed by atoms with Gasteiger partial charge in [-0.2, -0.15) is 0 Å². The fraction of sp³-hybridized carbons (Fsp3) is 0.111. The Kier molecular flexibility index (Phi) is 7.59. The van der Waals surface area contributed by atoms with E-state index in [0.717, 1.165) is 29.9 Å². The van der Waals surface area contributed by atoms with Crippen molar-refractivity contribution < 1.29 is 0 Å². The maximum atomic E-state index is 2.50. The molecule has 6 aromatic carbocycles. The third-order valence-corrected chi connectivity index (χ3v) is 12.9. The molecule has 0 saturated carbocycles. The lowest BCUT2D eigenvalue weighted by molar-refractivity contribution is 0.744. The van der Waals surface area contributed by atoms with Crippen LogP contribution in [-0.4, -0.2) is 16.7 Å². The number of rotatable bonds is 6. The maximum absolute atomic E-state index is 2.50. The first-order valence-corrected chi connectivity index (χ1v) is 20.7. The first kappa shape index (κ1) is 33.1. The predicted molar refractivity (Wildman–Crippen MR) is 242 cm³/mol. The molecule has 3 aliphatic carbocycles. The lowest BCUT2D eigenvalue weighted by Gasteiger charge is -2.31. The molecule has 0 amide bonds. The summed E-state index contributed by atoms with van der Waals surface area (Å²) in [5.41, 5.74) is 16.3. The third kappa shape index (κ3) is 5.08. The number of hydrogen-bond acceptors (Lipinski definition) is 3. The normalized spacial score (nSPS) is 20.6. The van der Waals surface area contributed by atoms with Crippen molar-refractivity contribution in [1.29, 1.82) is 0 Å². The Hall–Kier alpha value is -7.04. The van der Waals surface area contributed by atoms with E-state index in [9.17, 15) is 0 Å². The monoisotopic (exact) mass is 746 g/mol. The molecule has 0 saturated heterocycles. The van der Waals surface area contributed by atoms with Gasteiger partial charge in [-0.15, -0.1) is 0 Å². The summed E-state index contributed by atoms with van der Waals surface area (Å²) in [7, 11) is 0. The highest BCUT2D eigenvalue weighted by Gasteiger charge is 2.38. The van der Waals surface area contributed by atoms with Crippen LogP contribution in [0.5, 0.6) is 0 Å². The fourth-order valence-electron chi connectivity index (χ4n) is 10.4. The van der Waals surface area contributed by atoms with Gasteiger partial charge in [-0.3, -0.25) is 0 Å². The zero-order valence-electron chi connectivity index (χ0n) is 32.1. The number of hydrogen-bond donors (Lipinski definition) is 0. The van der Waals surface area contributed by atoms with Crippen molar-refractivity contribution in [1.82, 2.24) is 4.57 Å². The van der Waals surface area contributed by atoms with Gasteiger partial charge in [0.2, 0.25) is 0 Å². The van der Waals surface area contributed by atoms with Gasteiger partial charge in [0.05, 0.1) is 17.6 Å². The zero-order chi connectivity index (χ0) is 38.2. The van der Waals surface area contributed by atoms with E-state index in [1.165, 1.54) is 61.7 Å². The van der Waals surface area contributed by atoms with Gasteiger partial charge in [0.25, 0.3) is 0 Å². The topological polar surface area (TPSA) is 14.7 Å². The first-order valence-electron chi connectivity index (χ1n) is 20.7. The molecular formula is C54H42N4. The van der Waals surface area contributed by atoms with Gasteiger partial charge in [0.15, 0.2) is 0 Å². The van der Waals surface area contributed by atoms with Crippen LogP contribution < -0.4 is 14.7 Å². The number of para-hydroxylation sites is 3. The molecule has 0 fully saturated rings. The molecule has 0 bridgehead atoms. The van der Waals surface area contributed by atoms with Crippen molar-refractivity contribution in [2.45, 2.75) is 36.8 Å². The molecule has 4 unspecified atom stereocenters. The van der Waals surface area contributed by atoms with Gasteiger partial charge in [-0.1, -0.05) is 115 Å². The number of aromatic nitrogens is 1. The van der Waals surface area contributed by atoms with Crippen LogP contribution in [0.4, 0.5) is 39.8 Å². The minimum Gasteiger partial charge on any atom is -0.333 e. The van der Waals surface area contributed by atoms with E-state index in [-0.39, 0.29) is 12.1 Å². The number of benzene rings is 6. The summed E-state index contributed by atoms with van der Waals surface area (Å²) in [4.78, 5) is 7.41. The van der Waals surface area contributed by atoms with Crippen LogP contribution in [0.3, 0.4) is 0 Å². The highest BCUT2D eigenvalue weighted by Crippen LogP contribution is 2.50. The van der Waals surface area contributed by atoms with E-state index >= 15 is 0 Å². The van der Waals surface area contributed by atoms with Crippen molar-refractivity contribution in [3.63, 3.8) is 0 Å². The molecule has 3 heterocycles. The molecule has 7 aromatic rings. The summed E-state index contributed by atoms with van der Waals surface area (Å²) >= 11 is 0. The fourth-order valence-corrected chi connectivity index (χ4v) is 10.4. The second-order valence-electron chi connectivity index (χ2n) is 16.0. The number of fused-ring (bicyclic) bond motifs is 9. The Labute approximate surface area is 339 Å². The molecule has 58 heavy (non-hydrogen) atoms. The van der Waals surface area contributed by atoms with Crippen molar-refractivity contribution in [3.05, 3.63) is 223 Å². The maximum Gasteiger partial charge on any atom is 0.0629 e. The summed E-state index contributed by atoms with van der Waals surface area (Å²) in [6.07, 6.45) is 24.9. The Bertz CT molecular complexity index is 2740. The molecule has 4 heteroatoms. The first-order chi connectivity index (χ1) is 28.8. The third-order valence-electron chi connectivity index (χ3n) is 12.9. The largest absolute Gasteiger partial charge is 0.333 e. The highest BCUT2D eigenvalue weighted by atomic mass is 15.2. The Morgan fingerprint density at radius 3 is 1.52 bits per heavy atom. The Morgan fingerprint density at radius 1 is 0.466 bits per heavy atom. The molecule has 12 rings (SSSR count). The number of anilines is 7. The van der Waals surface area contributed by atoms with Crippen LogP contribution in [0.15, 0.2) is 200 Å². The lowest BCUT2D eigenvalue weighted by atomic mass is 9.91. The van der Waals surface area contributed by atoms with Crippen LogP contribution in [0, 0.1) is 0 Å². The van der Waals surface area contributed by atoms with Gasteiger partial charge in [-0.05, 0) is 115 Å². The Morgan fingerprint density at radius 2 is 0.948 bits per heavy atom. The van der Waals surface area contributed by atoms with Crippen LogP contribution in [-0.2, 0) is 6.42 Å². The highest BCUT2D eigenvalue weighted by molar-refractivity contribution is 5.93. The average molecular weight is 747 g/mol.